The first-order valence-corrected chi connectivity index (χ1v) is 5.91. The van der Waals surface area contributed by atoms with E-state index in [2.05, 4.69) is 10.1 Å². The number of hydrogen-bond acceptors (Lipinski definition) is 4. The Balaban J connectivity index is 1.83. The molecule has 2 heterocycles. The largest absolute Gasteiger partial charge is 0.378 e. The molecular formula is C10H15ClN2O2. The first-order valence-electron chi connectivity index (χ1n) is 5.37. The number of aryl methyl sites for hydroxylation is 1. The van der Waals surface area contributed by atoms with Crippen LogP contribution in [0.4, 0.5) is 0 Å². The van der Waals surface area contributed by atoms with Crippen molar-refractivity contribution >= 4 is 11.6 Å². The van der Waals surface area contributed by atoms with Crippen molar-refractivity contribution in [1.82, 2.24) is 10.1 Å². The minimum absolute atomic E-state index is 0.281. The summed E-state index contributed by atoms with van der Waals surface area (Å²) in [6, 6.07) is 0. The molecular weight excluding hydrogens is 216 g/mol. The summed E-state index contributed by atoms with van der Waals surface area (Å²) in [6.07, 6.45) is 4.94. The Kier molecular flexibility index (Phi) is 3.97. The lowest BCUT2D eigenvalue weighted by molar-refractivity contribution is 0.109. The molecule has 0 aliphatic carbocycles. The lowest BCUT2D eigenvalue weighted by Gasteiger charge is -2.03. The van der Waals surface area contributed by atoms with Gasteiger partial charge in [-0.3, -0.25) is 0 Å². The molecule has 15 heavy (non-hydrogen) atoms. The number of aromatic nitrogens is 2. The van der Waals surface area contributed by atoms with Crippen LogP contribution in [0.25, 0.3) is 0 Å². The Hall–Kier alpha value is -0.610. The first-order chi connectivity index (χ1) is 7.38. The summed E-state index contributed by atoms with van der Waals surface area (Å²) in [4.78, 5) is 4.29. The maximum absolute atomic E-state index is 5.59. The van der Waals surface area contributed by atoms with E-state index in [1.807, 2.05) is 0 Å². The van der Waals surface area contributed by atoms with Crippen molar-refractivity contribution in [2.45, 2.75) is 38.2 Å². The molecule has 0 amide bonds. The van der Waals surface area contributed by atoms with Crippen molar-refractivity contribution in [3.05, 3.63) is 11.7 Å². The van der Waals surface area contributed by atoms with Gasteiger partial charge < -0.3 is 9.26 Å². The van der Waals surface area contributed by atoms with E-state index in [0.29, 0.717) is 11.8 Å². The van der Waals surface area contributed by atoms with E-state index in [0.717, 1.165) is 44.5 Å². The van der Waals surface area contributed by atoms with Crippen LogP contribution in [0.1, 0.15) is 31.0 Å². The van der Waals surface area contributed by atoms with Crippen LogP contribution < -0.4 is 0 Å². The summed E-state index contributed by atoms with van der Waals surface area (Å²) >= 11 is 5.59. The molecule has 1 unspecified atom stereocenters. The Morgan fingerprint density at radius 1 is 1.47 bits per heavy atom. The van der Waals surface area contributed by atoms with Crippen LogP contribution in [0.5, 0.6) is 0 Å². The van der Waals surface area contributed by atoms with Gasteiger partial charge in [-0.05, 0) is 19.3 Å². The third kappa shape index (κ3) is 3.18. The van der Waals surface area contributed by atoms with Gasteiger partial charge in [-0.1, -0.05) is 5.16 Å². The molecule has 0 bridgehead atoms. The van der Waals surface area contributed by atoms with Crippen LogP contribution in [-0.4, -0.2) is 28.7 Å². The predicted molar refractivity (Wildman–Crippen MR) is 56.0 cm³/mol. The smallest absolute Gasteiger partial charge is 0.226 e. The van der Waals surface area contributed by atoms with Gasteiger partial charge in [0, 0.05) is 25.3 Å². The highest BCUT2D eigenvalue weighted by atomic mass is 35.5. The van der Waals surface area contributed by atoms with E-state index in [9.17, 15) is 0 Å². The van der Waals surface area contributed by atoms with Gasteiger partial charge >= 0.3 is 0 Å². The Bertz CT molecular complexity index is 297. The minimum Gasteiger partial charge on any atom is -0.378 e. The molecule has 1 aliphatic heterocycles. The fourth-order valence-corrected chi connectivity index (χ4v) is 1.84. The minimum atomic E-state index is 0.281. The molecule has 0 radical (unpaired) electrons. The molecule has 1 saturated heterocycles. The monoisotopic (exact) mass is 230 g/mol. The topological polar surface area (TPSA) is 48.2 Å². The van der Waals surface area contributed by atoms with Crippen molar-refractivity contribution < 1.29 is 9.26 Å². The second-order valence-corrected chi connectivity index (χ2v) is 4.11. The lowest BCUT2D eigenvalue weighted by Crippen LogP contribution is -2.09. The summed E-state index contributed by atoms with van der Waals surface area (Å²) in [5, 5.41) is 3.92. The van der Waals surface area contributed by atoms with Gasteiger partial charge in [0.1, 0.15) is 0 Å². The quantitative estimate of drug-likeness (QED) is 0.726. The van der Waals surface area contributed by atoms with Crippen LogP contribution in [0.3, 0.4) is 0 Å². The molecule has 0 aromatic carbocycles. The van der Waals surface area contributed by atoms with Gasteiger partial charge in [-0.2, -0.15) is 4.98 Å². The molecule has 0 saturated carbocycles. The van der Waals surface area contributed by atoms with E-state index in [-0.39, 0.29) is 6.10 Å². The zero-order valence-corrected chi connectivity index (χ0v) is 9.37. The third-order valence-corrected chi connectivity index (χ3v) is 2.74. The van der Waals surface area contributed by atoms with Gasteiger partial charge in [0.25, 0.3) is 0 Å². The maximum atomic E-state index is 5.59. The van der Waals surface area contributed by atoms with Crippen molar-refractivity contribution in [2.75, 3.05) is 12.5 Å². The second kappa shape index (κ2) is 5.47. The number of hydrogen-bond donors (Lipinski definition) is 0. The van der Waals surface area contributed by atoms with Crippen LogP contribution in [0.15, 0.2) is 4.52 Å². The number of nitrogens with zero attached hydrogens (tertiary/aromatic N) is 2. The molecule has 1 atom stereocenters. The summed E-state index contributed by atoms with van der Waals surface area (Å²) < 4.78 is 10.6. The lowest BCUT2D eigenvalue weighted by atomic mass is 10.2. The van der Waals surface area contributed by atoms with Gasteiger partial charge in [-0.25, -0.2) is 0 Å². The molecule has 1 aromatic heterocycles. The van der Waals surface area contributed by atoms with Crippen molar-refractivity contribution in [1.29, 1.82) is 0 Å². The fraction of sp³-hybridized carbons (Fsp3) is 0.800. The Labute approximate surface area is 93.9 Å². The van der Waals surface area contributed by atoms with E-state index in [4.69, 9.17) is 20.9 Å². The molecule has 4 nitrogen and oxygen atoms in total. The Morgan fingerprint density at radius 2 is 2.40 bits per heavy atom. The van der Waals surface area contributed by atoms with Gasteiger partial charge in [0.2, 0.25) is 5.89 Å². The van der Waals surface area contributed by atoms with Gasteiger partial charge in [0.05, 0.1) is 6.10 Å². The SMILES string of the molecule is ClCCCc1nc(CC2CCCO2)no1. The zero-order chi connectivity index (χ0) is 10.5. The summed E-state index contributed by atoms with van der Waals surface area (Å²) in [5.41, 5.74) is 0. The molecule has 5 heteroatoms. The molecule has 0 N–H and O–H groups in total. The molecule has 2 rings (SSSR count). The van der Waals surface area contributed by atoms with Crippen LogP contribution >= 0.6 is 11.6 Å². The molecule has 0 spiro atoms. The van der Waals surface area contributed by atoms with Gasteiger partial charge in [-0.15, -0.1) is 11.6 Å². The molecule has 84 valence electrons. The van der Waals surface area contributed by atoms with E-state index in [1.165, 1.54) is 0 Å². The summed E-state index contributed by atoms with van der Waals surface area (Å²) in [6.45, 7) is 0.863. The van der Waals surface area contributed by atoms with E-state index in [1.54, 1.807) is 0 Å². The van der Waals surface area contributed by atoms with Gasteiger partial charge in [0.15, 0.2) is 5.82 Å². The van der Waals surface area contributed by atoms with Crippen molar-refractivity contribution in [3.8, 4) is 0 Å². The molecule has 1 aromatic rings. The van der Waals surface area contributed by atoms with Crippen LogP contribution in [-0.2, 0) is 17.6 Å². The van der Waals surface area contributed by atoms with E-state index >= 15 is 0 Å². The average molecular weight is 231 g/mol. The van der Waals surface area contributed by atoms with Crippen molar-refractivity contribution in [2.24, 2.45) is 0 Å². The Morgan fingerprint density at radius 3 is 3.13 bits per heavy atom. The van der Waals surface area contributed by atoms with Crippen LogP contribution in [0, 0.1) is 0 Å². The molecule has 1 fully saturated rings. The summed E-state index contributed by atoms with van der Waals surface area (Å²) in [5.74, 6) is 2.07. The highest BCUT2D eigenvalue weighted by Crippen LogP contribution is 2.15. The number of alkyl halides is 1. The van der Waals surface area contributed by atoms with E-state index < -0.39 is 0 Å². The van der Waals surface area contributed by atoms with Crippen molar-refractivity contribution in [3.63, 3.8) is 0 Å². The number of halogens is 1. The standard InChI is InChI=1S/C10H15ClN2O2/c11-5-1-4-10-12-9(13-15-10)7-8-3-2-6-14-8/h8H,1-7H2. The number of ether oxygens (including phenoxy) is 1. The summed E-state index contributed by atoms with van der Waals surface area (Å²) in [7, 11) is 0. The first kappa shape index (κ1) is 10.9. The maximum Gasteiger partial charge on any atom is 0.226 e. The molecule has 1 aliphatic rings. The highest BCUT2D eigenvalue weighted by molar-refractivity contribution is 6.17. The average Bonchev–Trinajstić information content (AvgIpc) is 2.87. The predicted octanol–water partition coefficient (Wildman–Crippen LogP) is 1.96. The number of rotatable bonds is 5. The van der Waals surface area contributed by atoms with Crippen LogP contribution in [0.2, 0.25) is 0 Å². The second-order valence-electron chi connectivity index (χ2n) is 3.74. The zero-order valence-electron chi connectivity index (χ0n) is 8.62. The fourth-order valence-electron chi connectivity index (χ4n) is 1.70. The third-order valence-electron chi connectivity index (χ3n) is 2.47. The highest BCUT2D eigenvalue weighted by Gasteiger charge is 2.18. The normalized spacial score (nSPS) is 21.0.